The zero-order valence-electron chi connectivity index (χ0n) is 19.4. The van der Waals surface area contributed by atoms with Crippen molar-refractivity contribution >= 4 is 11.7 Å². The number of hydrogen-bond donors (Lipinski definition) is 1. The third-order valence-electron chi connectivity index (χ3n) is 6.42. The number of nitrogens with zero attached hydrogens (tertiary/aromatic N) is 4. The molecule has 2 aromatic heterocycles. The SMILES string of the molecule is CCN1CCC(CN(C)C(=O)c2cc(-c3ccnc(C)c3-c3ccc(N)nc3)ccc2F)C1. The lowest BCUT2D eigenvalue weighted by Crippen LogP contribution is -2.33. The van der Waals surface area contributed by atoms with Crippen molar-refractivity contribution in [1.29, 1.82) is 0 Å². The zero-order chi connectivity index (χ0) is 23.5. The summed E-state index contributed by atoms with van der Waals surface area (Å²) in [7, 11) is 1.76. The molecule has 6 nitrogen and oxygen atoms in total. The second kappa shape index (κ2) is 9.67. The number of aromatic nitrogens is 2. The lowest BCUT2D eigenvalue weighted by molar-refractivity contribution is 0.0769. The smallest absolute Gasteiger partial charge is 0.256 e. The van der Waals surface area contributed by atoms with Crippen molar-refractivity contribution < 1.29 is 9.18 Å². The summed E-state index contributed by atoms with van der Waals surface area (Å²) in [5, 5.41) is 0. The Morgan fingerprint density at radius 1 is 1.21 bits per heavy atom. The first-order valence-electron chi connectivity index (χ1n) is 11.3. The van der Waals surface area contributed by atoms with Crippen LogP contribution >= 0.6 is 0 Å². The van der Waals surface area contributed by atoms with Crippen molar-refractivity contribution in [2.75, 3.05) is 39.0 Å². The fourth-order valence-corrected chi connectivity index (χ4v) is 4.61. The second-order valence-corrected chi connectivity index (χ2v) is 8.72. The molecule has 0 aliphatic carbocycles. The van der Waals surface area contributed by atoms with Crippen LogP contribution < -0.4 is 5.73 Å². The molecule has 1 atom stereocenters. The molecule has 2 N–H and O–H groups in total. The van der Waals surface area contributed by atoms with Gasteiger partial charge >= 0.3 is 0 Å². The maximum absolute atomic E-state index is 14.8. The van der Waals surface area contributed by atoms with Gasteiger partial charge in [-0.05, 0) is 73.8 Å². The Balaban J connectivity index is 1.65. The standard InChI is InChI=1S/C26H30FN5O/c1-4-32-12-10-18(16-32)15-31(3)26(33)22-13-19(5-7-23(22)27)21-9-11-29-17(2)25(21)20-6-8-24(28)30-14-20/h5-9,11,13-14,18H,4,10,12,15-16H2,1-3H3,(H2,28,30). The van der Waals surface area contributed by atoms with Gasteiger partial charge in [0.25, 0.3) is 5.91 Å². The molecule has 33 heavy (non-hydrogen) atoms. The molecule has 0 radical (unpaired) electrons. The molecule has 1 aliphatic rings. The molecule has 1 unspecified atom stereocenters. The number of rotatable bonds is 6. The van der Waals surface area contributed by atoms with Gasteiger partial charge in [0, 0.05) is 49.4 Å². The summed E-state index contributed by atoms with van der Waals surface area (Å²) in [6.07, 6.45) is 4.48. The van der Waals surface area contributed by atoms with E-state index in [9.17, 15) is 9.18 Å². The number of nitrogen functional groups attached to an aromatic ring is 1. The molecule has 3 heterocycles. The number of amides is 1. The van der Waals surface area contributed by atoms with E-state index in [0.29, 0.717) is 18.3 Å². The molecule has 1 aliphatic heterocycles. The molecule has 0 spiro atoms. The molecular formula is C26H30FN5O. The van der Waals surface area contributed by atoms with Crippen LogP contribution in [0, 0.1) is 18.7 Å². The molecule has 4 rings (SSSR count). The van der Waals surface area contributed by atoms with Gasteiger partial charge in [0.05, 0.1) is 5.56 Å². The summed E-state index contributed by atoms with van der Waals surface area (Å²) in [6.45, 7) is 7.73. The van der Waals surface area contributed by atoms with E-state index in [0.717, 1.165) is 54.0 Å². The number of hydrogen-bond acceptors (Lipinski definition) is 5. The highest BCUT2D eigenvalue weighted by molar-refractivity contribution is 5.96. The number of pyridine rings is 2. The van der Waals surface area contributed by atoms with Crippen molar-refractivity contribution in [2.45, 2.75) is 20.3 Å². The Hall–Kier alpha value is -3.32. The average molecular weight is 448 g/mol. The molecule has 0 saturated carbocycles. The van der Waals surface area contributed by atoms with Gasteiger partial charge in [-0.1, -0.05) is 13.0 Å². The zero-order valence-corrected chi connectivity index (χ0v) is 19.4. The summed E-state index contributed by atoms with van der Waals surface area (Å²) in [6, 6.07) is 10.2. The van der Waals surface area contributed by atoms with Crippen molar-refractivity contribution in [3.8, 4) is 22.3 Å². The van der Waals surface area contributed by atoms with Crippen LogP contribution in [0.4, 0.5) is 10.2 Å². The predicted octanol–water partition coefficient (Wildman–Crippen LogP) is 4.25. The summed E-state index contributed by atoms with van der Waals surface area (Å²) in [5.74, 6) is 0.0333. The number of likely N-dealkylation sites (tertiary alicyclic amines) is 1. The van der Waals surface area contributed by atoms with Gasteiger partial charge in [0.1, 0.15) is 11.6 Å². The monoisotopic (exact) mass is 447 g/mol. The second-order valence-electron chi connectivity index (χ2n) is 8.72. The maximum Gasteiger partial charge on any atom is 0.256 e. The first kappa shape index (κ1) is 22.9. The van der Waals surface area contributed by atoms with Crippen molar-refractivity contribution in [3.05, 3.63) is 65.9 Å². The van der Waals surface area contributed by atoms with Crippen molar-refractivity contribution in [3.63, 3.8) is 0 Å². The van der Waals surface area contributed by atoms with Crippen LogP contribution in [-0.4, -0.2) is 58.9 Å². The summed E-state index contributed by atoms with van der Waals surface area (Å²) in [4.78, 5) is 25.8. The van der Waals surface area contributed by atoms with Gasteiger partial charge in [-0.2, -0.15) is 0 Å². The van der Waals surface area contributed by atoms with Crippen LogP contribution in [0.5, 0.6) is 0 Å². The van der Waals surface area contributed by atoms with Crippen LogP contribution in [-0.2, 0) is 0 Å². The van der Waals surface area contributed by atoms with Crippen molar-refractivity contribution in [2.24, 2.45) is 5.92 Å². The first-order valence-corrected chi connectivity index (χ1v) is 11.3. The van der Waals surface area contributed by atoms with Gasteiger partial charge in [-0.25, -0.2) is 9.37 Å². The Morgan fingerprint density at radius 3 is 2.70 bits per heavy atom. The fraction of sp³-hybridized carbons (Fsp3) is 0.346. The first-order chi connectivity index (χ1) is 15.9. The van der Waals surface area contributed by atoms with Crippen LogP contribution in [0.1, 0.15) is 29.4 Å². The minimum Gasteiger partial charge on any atom is -0.384 e. The van der Waals surface area contributed by atoms with E-state index in [1.807, 2.05) is 19.1 Å². The molecule has 0 bridgehead atoms. The Labute approximate surface area is 194 Å². The van der Waals surface area contributed by atoms with Gasteiger partial charge in [-0.3, -0.25) is 9.78 Å². The Morgan fingerprint density at radius 2 is 2.00 bits per heavy atom. The minimum atomic E-state index is -0.515. The maximum atomic E-state index is 14.8. The van der Waals surface area contributed by atoms with E-state index in [1.165, 1.54) is 6.07 Å². The third-order valence-corrected chi connectivity index (χ3v) is 6.42. The van der Waals surface area contributed by atoms with Crippen LogP contribution in [0.15, 0.2) is 48.8 Å². The number of aryl methyl sites for hydroxylation is 1. The Kier molecular flexibility index (Phi) is 6.70. The van der Waals surface area contributed by atoms with E-state index >= 15 is 0 Å². The molecule has 3 aromatic rings. The highest BCUT2D eigenvalue weighted by Crippen LogP contribution is 2.34. The topological polar surface area (TPSA) is 75.3 Å². The number of nitrogens with two attached hydrogens (primary N) is 1. The van der Waals surface area contributed by atoms with E-state index in [1.54, 1.807) is 42.5 Å². The molecule has 1 fully saturated rings. The molecule has 1 saturated heterocycles. The lowest BCUT2D eigenvalue weighted by Gasteiger charge is -2.22. The van der Waals surface area contributed by atoms with E-state index in [4.69, 9.17) is 5.73 Å². The van der Waals surface area contributed by atoms with Crippen LogP contribution in [0.25, 0.3) is 22.3 Å². The van der Waals surface area contributed by atoms with Gasteiger partial charge < -0.3 is 15.5 Å². The van der Waals surface area contributed by atoms with E-state index in [-0.39, 0.29) is 11.5 Å². The molecule has 7 heteroatoms. The summed E-state index contributed by atoms with van der Waals surface area (Å²) >= 11 is 0. The third kappa shape index (κ3) is 4.88. The number of halogens is 1. The number of carbonyl (C=O) groups excluding carboxylic acids is 1. The van der Waals surface area contributed by atoms with E-state index < -0.39 is 5.82 Å². The molecule has 172 valence electrons. The van der Waals surface area contributed by atoms with Gasteiger partial charge in [0.2, 0.25) is 0 Å². The summed E-state index contributed by atoms with van der Waals surface area (Å²) < 4.78 is 14.8. The van der Waals surface area contributed by atoms with E-state index in [2.05, 4.69) is 21.8 Å². The number of carbonyl (C=O) groups is 1. The average Bonchev–Trinajstić information content (AvgIpc) is 3.27. The number of anilines is 1. The van der Waals surface area contributed by atoms with Crippen molar-refractivity contribution in [1.82, 2.24) is 19.8 Å². The highest BCUT2D eigenvalue weighted by atomic mass is 19.1. The minimum absolute atomic E-state index is 0.0798. The lowest BCUT2D eigenvalue weighted by atomic mass is 9.93. The predicted molar refractivity (Wildman–Crippen MR) is 129 cm³/mol. The van der Waals surface area contributed by atoms with Gasteiger partial charge in [0.15, 0.2) is 0 Å². The molecule has 1 aromatic carbocycles. The fourth-order valence-electron chi connectivity index (χ4n) is 4.61. The summed E-state index contributed by atoms with van der Waals surface area (Å²) in [5.41, 5.74) is 10.0. The van der Waals surface area contributed by atoms with Gasteiger partial charge in [-0.15, -0.1) is 0 Å². The largest absolute Gasteiger partial charge is 0.384 e. The Bertz CT molecular complexity index is 1150. The van der Waals surface area contributed by atoms with Crippen LogP contribution in [0.3, 0.4) is 0 Å². The number of benzene rings is 1. The quantitative estimate of drug-likeness (QED) is 0.611. The van der Waals surface area contributed by atoms with Crippen LogP contribution in [0.2, 0.25) is 0 Å². The molecular weight excluding hydrogens is 417 g/mol. The molecule has 1 amide bonds. The highest BCUT2D eigenvalue weighted by Gasteiger charge is 2.25. The normalized spacial score (nSPS) is 16.2.